The molecule has 1 saturated heterocycles. The summed E-state index contributed by atoms with van der Waals surface area (Å²) in [4.78, 5) is 27.2. The van der Waals surface area contributed by atoms with E-state index in [0.717, 1.165) is 41.8 Å². The standard InChI is InChI=1S/C39H50N4O5/c1-2-23-43(32-9-3-4-10-32)26-33-24-36(30-19-17-29(27-44)18-20-30)48-39(47-33)31-21-15-28(16-22-31)25-41-37(45)13-7-8-14-38(46)42-35-12-6-5-11-34(35)40/h2,5-6,11-12,15-22,32-33,36,39,44H,1,3-4,7-10,13-14,23-27,40H2,(H,41,45)(H,42,46)/t33-,36+,39+/m1/s1. The highest BCUT2D eigenvalue weighted by Gasteiger charge is 2.34. The highest BCUT2D eigenvalue weighted by molar-refractivity contribution is 5.93. The third kappa shape index (κ3) is 10.2. The second-order valence-corrected chi connectivity index (χ2v) is 12.9. The lowest BCUT2D eigenvalue weighted by molar-refractivity contribution is -0.253. The Bertz CT molecular complexity index is 1470. The molecule has 9 heteroatoms. The van der Waals surface area contributed by atoms with Crippen LogP contribution >= 0.6 is 0 Å². The van der Waals surface area contributed by atoms with Crippen LogP contribution in [-0.4, -0.2) is 47.1 Å². The number of unbranched alkanes of at least 4 members (excludes halogenated alkanes) is 1. The maximum absolute atomic E-state index is 12.5. The van der Waals surface area contributed by atoms with Gasteiger partial charge < -0.3 is 30.9 Å². The summed E-state index contributed by atoms with van der Waals surface area (Å²) in [6.45, 7) is 6.09. The first-order valence-corrected chi connectivity index (χ1v) is 17.3. The Hall–Kier alpha value is -4.02. The maximum atomic E-state index is 12.5. The Morgan fingerprint density at radius 3 is 2.25 bits per heavy atom. The van der Waals surface area contributed by atoms with Crippen LogP contribution in [0.25, 0.3) is 0 Å². The van der Waals surface area contributed by atoms with Crippen molar-refractivity contribution in [1.82, 2.24) is 10.2 Å². The van der Waals surface area contributed by atoms with Crippen LogP contribution in [0.15, 0.2) is 85.5 Å². The lowest BCUT2D eigenvalue weighted by atomic mass is 9.99. The topological polar surface area (TPSA) is 126 Å². The molecule has 2 aliphatic rings. The van der Waals surface area contributed by atoms with Crippen LogP contribution < -0.4 is 16.4 Å². The molecule has 1 aliphatic heterocycles. The molecule has 1 aliphatic carbocycles. The number of hydrogen-bond acceptors (Lipinski definition) is 7. The van der Waals surface area contributed by atoms with Crippen LogP contribution in [0.1, 0.15) is 92.4 Å². The Balaban J connectivity index is 1.13. The van der Waals surface area contributed by atoms with Crippen molar-refractivity contribution in [3.8, 4) is 0 Å². The number of aliphatic hydroxyl groups is 1. The van der Waals surface area contributed by atoms with E-state index in [1.807, 2.05) is 66.7 Å². The van der Waals surface area contributed by atoms with E-state index in [1.54, 1.807) is 12.1 Å². The number of para-hydroxylation sites is 2. The highest BCUT2D eigenvalue weighted by atomic mass is 16.7. The quantitative estimate of drug-likeness (QED) is 0.0784. The van der Waals surface area contributed by atoms with Crippen LogP contribution in [0.5, 0.6) is 0 Å². The molecule has 0 unspecified atom stereocenters. The number of hydrogen-bond donors (Lipinski definition) is 4. The van der Waals surface area contributed by atoms with Crippen LogP contribution in [0.3, 0.4) is 0 Å². The fraction of sp³-hybridized carbons (Fsp3) is 0.436. The lowest BCUT2D eigenvalue weighted by Gasteiger charge is -2.39. The fourth-order valence-electron chi connectivity index (χ4n) is 6.58. The minimum Gasteiger partial charge on any atom is -0.397 e. The molecule has 2 amide bonds. The molecule has 0 spiro atoms. The Labute approximate surface area is 284 Å². The Kier molecular flexibility index (Phi) is 13.2. The van der Waals surface area contributed by atoms with E-state index >= 15 is 0 Å². The number of anilines is 2. The molecule has 48 heavy (non-hydrogen) atoms. The minimum absolute atomic E-state index is 0.00897. The molecular weight excluding hydrogens is 604 g/mol. The van der Waals surface area contributed by atoms with Gasteiger partial charge in [-0.15, -0.1) is 6.58 Å². The van der Waals surface area contributed by atoms with Crippen molar-refractivity contribution in [2.45, 2.75) is 95.5 Å². The normalized spacial score (nSPS) is 19.7. The Morgan fingerprint density at radius 1 is 0.896 bits per heavy atom. The smallest absolute Gasteiger partial charge is 0.224 e. The van der Waals surface area contributed by atoms with Crippen molar-refractivity contribution in [2.75, 3.05) is 24.1 Å². The summed E-state index contributed by atoms with van der Waals surface area (Å²) in [5.74, 6) is -0.158. The number of nitrogens with two attached hydrogens (primary N) is 1. The molecule has 1 heterocycles. The summed E-state index contributed by atoms with van der Waals surface area (Å²) >= 11 is 0. The predicted octanol–water partition coefficient (Wildman–Crippen LogP) is 6.55. The van der Waals surface area contributed by atoms with E-state index in [1.165, 1.54) is 25.7 Å². The van der Waals surface area contributed by atoms with Crippen molar-refractivity contribution in [1.29, 1.82) is 0 Å². The van der Waals surface area contributed by atoms with Gasteiger partial charge >= 0.3 is 0 Å². The zero-order chi connectivity index (χ0) is 33.7. The molecule has 3 aromatic carbocycles. The molecule has 0 aromatic heterocycles. The van der Waals surface area contributed by atoms with E-state index in [0.29, 0.717) is 49.6 Å². The van der Waals surface area contributed by atoms with Crippen molar-refractivity contribution < 1.29 is 24.2 Å². The van der Waals surface area contributed by atoms with Gasteiger partial charge in [0.05, 0.1) is 30.2 Å². The van der Waals surface area contributed by atoms with E-state index in [-0.39, 0.29) is 30.6 Å². The van der Waals surface area contributed by atoms with Gasteiger partial charge in [-0.3, -0.25) is 14.5 Å². The summed E-state index contributed by atoms with van der Waals surface area (Å²) in [6, 6.07) is 23.7. The molecular formula is C39H50N4O5. The third-order valence-corrected chi connectivity index (χ3v) is 9.29. The van der Waals surface area contributed by atoms with Gasteiger partial charge in [-0.05, 0) is 54.5 Å². The molecule has 2 fully saturated rings. The van der Waals surface area contributed by atoms with Gasteiger partial charge in [-0.1, -0.05) is 79.6 Å². The molecule has 0 bridgehead atoms. The number of aliphatic hydroxyl groups excluding tert-OH is 1. The molecule has 9 nitrogen and oxygen atoms in total. The summed E-state index contributed by atoms with van der Waals surface area (Å²) in [6.07, 6.45) is 8.93. The van der Waals surface area contributed by atoms with Gasteiger partial charge in [0.25, 0.3) is 0 Å². The molecule has 0 radical (unpaired) electrons. The number of nitrogens with one attached hydrogen (secondary N) is 2. The molecule has 1 saturated carbocycles. The monoisotopic (exact) mass is 654 g/mol. The number of benzene rings is 3. The van der Waals surface area contributed by atoms with E-state index < -0.39 is 6.29 Å². The zero-order valence-corrected chi connectivity index (χ0v) is 27.8. The van der Waals surface area contributed by atoms with Gasteiger partial charge in [0, 0.05) is 50.5 Å². The van der Waals surface area contributed by atoms with Crippen LogP contribution in [0, 0.1) is 0 Å². The number of amides is 2. The number of ether oxygens (including phenoxy) is 2. The fourth-order valence-corrected chi connectivity index (χ4v) is 6.58. The summed E-state index contributed by atoms with van der Waals surface area (Å²) in [5.41, 5.74) is 10.9. The first-order chi connectivity index (χ1) is 23.4. The first kappa shape index (κ1) is 35.3. The van der Waals surface area contributed by atoms with Crippen molar-refractivity contribution in [3.63, 3.8) is 0 Å². The largest absolute Gasteiger partial charge is 0.397 e. The maximum Gasteiger partial charge on any atom is 0.224 e. The summed E-state index contributed by atoms with van der Waals surface area (Å²) < 4.78 is 13.2. The molecule has 5 rings (SSSR count). The highest BCUT2D eigenvalue weighted by Crippen LogP contribution is 2.39. The van der Waals surface area contributed by atoms with Crippen LogP contribution in [0.4, 0.5) is 11.4 Å². The average molecular weight is 655 g/mol. The number of nitrogens with zero attached hydrogens (tertiary/aromatic N) is 1. The van der Waals surface area contributed by atoms with Gasteiger partial charge in [-0.25, -0.2) is 0 Å². The lowest BCUT2D eigenvalue weighted by Crippen LogP contribution is -2.43. The SMILES string of the molecule is C=CCN(C[C@H]1C[C@@H](c2ccc(CO)cc2)O[C@@H](c2ccc(CNC(=O)CCCCC(=O)Nc3ccccc3N)cc2)O1)C1CCCC1. The number of carbonyl (C=O) groups is 2. The van der Waals surface area contributed by atoms with Gasteiger partial charge in [0.1, 0.15) is 0 Å². The number of nitrogen functional groups attached to an aromatic ring is 1. The summed E-state index contributed by atoms with van der Waals surface area (Å²) in [5, 5.41) is 15.3. The number of rotatable bonds is 16. The zero-order valence-electron chi connectivity index (χ0n) is 27.8. The summed E-state index contributed by atoms with van der Waals surface area (Å²) in [7, 11) is 0. The minimum atomic E-state index is -0.528. The van der Waals surface area contributed by atoms with Crippen molar-refractivity contribution in [2.24, 2.45) is 0 Å². The molecule has 3 aromatic rings. The molecule has 3 atom stereocenters. The van der Waals surface area contributed by atoms with Crippen molar-refractivity contribution in [3.05, 3.63) is 108 Å². The van der Waals surface area contributed by atoms with Crippen molar-refractivity contribution >= 4 is 23.2 Å². The second kappa shape index (κ2) is 17.9. The predicted molar refractivity (Wildman–Crippen MR) is 189 cm³/mol. The first-order valence-electron chi connectivity index (χ1n) is 17.3. The molecule has 256 valence electrons. The molecule has 5 N–H and O–H groups in total. The Morgan fingerprint density at radius 2 is 1.56 bits per heavy atom. The van der Waals surface area contributed by atoms with Crippen LogP contribution in [-0.2, 0) is 32.2 Å². The van der Waals surface area contributed by atoms with E-state index in [4.69, 9.17) is 15.2 Å². The number of carbonyl (C=O) groups excluding carboxylic acids is 2. The van der Waals surface area contributed by atoms with Gasteiger partial charge in [0.15, 0.2) is 6.29 Å². The van der Waals surface area contributed by atoms with Gasteiger partial charge in [-0.2, -0.15) is 0 Å². The van der Waals surface area contributed by atoms with E-state index in [9.17, 15) is 14.7 Å². The van der Waals surface area contributed by atoms with Gasteiger partial charge in [0.2, 0.25) is 11.8 Å². The van der Waals surface area contributed by atoms with E-state index in [2.05, 4.69) is 22.1 Å². The average Bonchev–Trinajstić information content (AvgIpc) is 3.66. The van der Waals surface area contributed by atoms with Crippen LogP contribution in [0.2, 0.25) is 0 Å². The second-order valence-electron chi connectivity index (χ2n) is 12.9. The third-order valence-electron chi connectivity index (χ3n) is 9.29.